The van der Waals surface area contributed by atoms with Gasteiger partial charge in [0.2, 0.25) is 0 Å². The highest BCUT2D eigenvalue weighted by Crippen LogP contribution is 2.67. The molecule has 0 fully saturated rings. The Morgan fingerprint density at radius 2 is 1.85 bits per heavy atom. The molecule has 0 N–H and O–H groups in total. The lowest BCUT2D eigenvalue weighted by atomic mass is 9.52. The summed E-state index contributed by atoms with van der Waals surface area (Å²) in [5.41, 5.74) is 5.16. The molecule has 4 heteroatoms. The van der Waals surface area contributed by atoms with Crippen LogP contribution in [0.1, 0.15) is 70.2 Å². The predicted molar refractivity (Wildman–Crippen MR) is 104 cm³/mol. The number of hydrogen-bond acceptors (Lipinski definition) is 3. The van der Waals surface area contributed by atoms with Crippen molar-refractivity contribution in [3.8, 4) is 0 Å². The Hall–Kier alpha value is -2.23. The Kier molecular flexibility index (Phi) is 2.68. The average Bonchev–Trinajstić information content (AvgIpc) is 3.19. The zero-order valence-electron chi connectivity index (χ0n) is 16.7. The van der Waals surface area contributed by atoms with Crippen molar-refractivity contribution in [3.63, 3.8) is 0 Å². The van der Waals surface area contributed by atoms with Crippen LogP contribution in [0, 0.1) is 12.3 Å². The Balaban J connectivity index is 1.95. The third-order valence-electron chi connectivity index (χ3n) is 7.92. The molecule has 4 nitrogen and oxygen atoms in total. The minimum absolute atomic E-state index is 0.00507. The minimum atomic E-state index is -0.198. The monoisotopic (exact) mass is 349 g/mol. The van der Waals surface area contributed by atoms with E-state index in [0.29, 0.717) is 5.84 Å². The second kappa shape index (κ2) is 4.36. The molecule has 4 heterocycles. The van der Waals surface area contributed by atoms with E-state index in [9.17, 15) is 0 Å². The standard InChI is InChI=1S/C22H27N3O/c1-13-9-8-10-15-16(13)25-14(2)17-18(24-12-11-23-19(24)26-17)22(25,7)21(5,6)20(15,3)4/h8-12,14H,1-7H3/t14-,22?/m0/s1. The molecule has 3 aromatic rings. The minimum Gasteiger partial charge on any atom is -0.426 e. The van der Waals surface area contributed by atoms with Crippen molar-refractivity contribution in [1.29, 1.82) is 0 Å². The highest BCUT2D eigenvalue weighted by Gasteiger charge is 2.66. The lowest BCUT2D eigenvalue weighted by Crippen LogP contribution is -2.62. The van der Waals surface area contributed by atoms with Gasteiger partial charge in [0.15, 0.2) is 5.76 Å². The Bertz CT molecular complexity index is 1050. The largest absolute Gasteiger partial charge is 0.426 e. The molecule has 0 spiro atoms. The number of aromatic nitrogens is 2. The lowest BCUT2D eigenvalue weighted by Gasteiger charge is -2.61. The first kappa shape index (κ1) is 16.0. The van der Waals surface area contributed by atoms with E-state index in [4.69, 9.17) is 4.42 Å². The highest BCUT2D eigenvalue weighted by atomic mass is 16.4. The maximum absolute atomic E-state index is 6.25. The molecule has 2 aliphatic heterocycles. The average molecular weight is 349 g/mol. The number of hydrogen-bond donors (Lipinski definition) is 0. The first-order valence-corrected chi connectivity index (χ1v) is 9.49. The van der Waals surface area contributed by atoms with Crippen molar-refractivity contribution in [1.82, 2.24) is 9.38 Å². The van der Waals surface area contributed by atoms with Crippen LogP contribution < -0.4 is 4.90 Å². The quantitative estimate of drug-likeness (QED) is 0.548. The van der Waals surface area contributed by atoms with E-state index in [1.165, 1.54) is 22.5 Å². The fourth-order valence-electron chi connectivity index (χ4n) is 5.62. The second-order valence-electron chi connectivity index (χ2n) is 9.23. The van der Waals surface area contributed by atoms with Gasteiger partial charge in [0.05, 0.1) is 17.3 Å². The van der Waals surface area contributed by atoms with E-state index < -0.39 is 0 Å². The van der Waals surface area contributed by atoms with Crippen molar-refractivity contribution in [2.75, 3.05) is 4.90 Å². The normalized spacial score (nSPS) is 28.1. The van der Waals surface area contributed by atoms with Gasteiger partial charge in [-0.3, -0.25) is 4.40 Å². The van der Waals surface area contributed by atoms with E-state index in [0.717, 1.165) is 5.76 Å². The van der Waals surface area contributed by atoms with Crippen LogP contribution in [0.2, 0.25) is 0 Å². The van der Waals surface area contributed by atoms with Gasteiger partial charge >= 0.3 is 5.84 Å². The number of rotatable bonds is 0. The summed E-state index contributed by atoms with van der Waals surface area (Å²) in [4.78, 5) is 7.02. The zero-order chi connectivity index (χ0) is 18.6. The van der Waals surface area contributed by atoms with Gasteiger partial charge in [-0.2, -0.15) is 0 Å². The van der Waals surface area contributed by atoms with Crippen molar-refractivity contribution in [2.45, 2.75) is 65.5 Å². The lowest BCUT2D eigenvalue weighted by molar-refractivity contribution is 0.0618. The number of para-hydroxylation sites is 1. The number of imidazole rings is 1. The highest BCUT2D eigenvalue weighted by molar-refractivity contribution is 5.71. The molecule has 1 unspecified atom stereocenters. The van der Waals surface area contributed by atoms with Crippen LogP contribution in [0.15, 0.2) is 35.0 Å². The molecule has 1 aromatic carbocycles. The Morgan fingerprint density at radius 3 is 2.58 bits per heavy atom. The molecule has 0 saturated carbocycles. The molecule has 0 saturated heterocycles. The summed E-state index contributed by atoms with van der Waals surface area (Å²) < 4.78 is 8.41. The third-order valence-corrected chi connectivity index (χ3v) is 7.92. The van der Waals surface area contributed by atoms with Gasteiger partial charge in [-0.1, -0.05) is 45.9 Å². The van der Waals surface area contributed by atoms with Crippen LogP contribution >= 0.6 is 0 Å². The molecule has 0 bridgehead atoms. The van der Waals surface area contributed by atoms with Gasteiger partial charge < -0.3 is 9.32 Å². The first-order chi connectivity index (χ1) is 12.1. The van der Waals surface area contributed by atoms with Crippen LogP contribution in [0.25, 0.3) is 5.84 Å². The van der Waals surface area contributed by atoms with Gasteiger partial charge in [0.1, 0.15) is 0 Å². The van der Waals surface area contributed by atoms with Crippen LogP contribution in [0.3, 0.4) is 0 Å². The van der Waals surface area contributed by atoms with E-state index >= 15 is 0 Å². The van der Waals surface area contributed by atoms with Crippen LogP contribution in [0.5, 0.6) is 0 Å². The van der Waals surface area contributed by atoms with E-state index in [1.54, 1.807) is 0 Å². The van der Waals surface area contributed by atoms with Gasteiger partial charge in [0, 0.05) is 23.5 Å². The fourth-order valence-corrected chi connectivity index (χ4v) is 5.62. The first-order valence-electron chi connectivity index (χ1n) is 9.49. The van der Waals surface area contributed by atoms with Gasteiger partial charge in [-0.25, -0.2) is 4.98 Å². The summed E-state index contributed by atoms with van der Waals surface area (Å²) >= 11 is 0. The zero-order valence-corrected chi connectivity index (χ0v) is 16.7. The molecule has 136 valence electrons. The summed E-state index contributed by atoms with van der Waals surface area (Å²) in [6.45, 7) is 16.5. The molecule has 5 rings (SSSR count). The van der Waals surface area contributed by atoms with E-state index in [1.807, 2.05) is 12.4 Å². The van der Waals surface area contributed by atoms with Crippen molar-refractivity contribution in [3.05, 3.63) is 53.2 Å². The van der Waals surface area contributed by atoms with Crippen LogP contribution in [-0.4, -0.2) is 9.38 Å². The maximum Gasteiger partial charge on any atom is 0.306 e. The summed E-state index contributed by atoms with van der Waals surface area (Å²) in [5.74, 6) is 1.75. The molecule has 2 aliphatic rings. The molecular weight excluding hydrogens is 322 g/mol. The molecule has 0 radical (unpaired) electrons. The number of aryl methyl sites for hydroxylation is 1. The topological polar surface area (TPSA) is 33.7 Å². The summed E-state index contributed by atoms with van der Waals surface area (Å²) in [5, 5.41) is 0. The van der Waals surface area contributed by atoms with E-state index in [2.05, 4.69) is 80.9 Å². The SMILES string of the molecule is Cc1cccc2c1N1[C@@H](C)c3oc4nccn4c3C1(C)C(C)(C)C2(C)C. The fraction of sp³-hybridized carbons (Fsp3) is 0.500. The van der Waals surface area contributed by atoms with Crippen LogP contribution in [0.4, 0.5) is 5.69 Å². The molecule has 0 amide bonds. The molecule has 2 atom stereocenters. The van der Waals surface area contributed by atoms with Gasteiger partial charge in [0.25, 0.3) is 0 Å². The maximum atomic E-state index is 6.25. The van der Waals surface area contributed by atoms with Crippen molar-refractivity contribution < 1.29 is 4.42 Å². The summed E-state index contributed by atoms with van der Waals surface area (Å²) in [7, 11) is 0. The smallest absolute Gasteiger partial charge is 0.306 e. The van der Waals surface area contributed by atoms with Gasteiger partial charge in [-0.15, -0.1) is 0 Å². The van der Waals surface area contributed by atoms with E-state index in [-0.39, 0.29) is 22.4 Å². The number of benzene rings is 1. The van der Waals surface area contributed by atoms with Gasteiger partial charge in [-0.05, 0) is 37.3 Å². The molecule has 0 aliphatic carbocycles. The third kappa shape index (κ3) is 1.40. The Labute approximate surface area is 154 Å². The molecule has 26 heavy (non-hydrogen) atoms. The molecule has 2 aromatic heterocycles. The second-order valence-corrected chi connectivity index (χ2v) is 9.23. The number of fused-ring (bicyclic) bond motifs is 7. The molecular formula is C22H27N3O. The Morgan fingerprint density at radius 1 is 1.12 bits per heavy atom. The van der Waals surface area contributed by atoms with Crippen molar-refractivity contribution >= 4 is 11.5 Å². The number of anilines is 1. The number of oxazole rings is 1. The number of nitrogens with zero attached hydrogens (tertiary/aromatic N) is 3. The summed E-state index contributed by atoms with van der Waals surface area (Å²) in [6, 6.07) is 6.91. The summed E-state index contributed by atoms with van der Waals surface area (Å²) in [6.07, 6.45) is 3.87. The predicted octanol–water partition coefficient (Wildman–Crippen LogP) is 5.35. The van der Waals surface area contributed by atoms with Crippen molar-refractivity contribution in [2.24, 2.45) is 5.41 Å². The van der Waals surface area contributed by atoms with Crippen LogP contribution in [-0.2, 0) is 11.0 Å².